The molecule has 0 radical (unpaired) electrons. The number of carbonyl (C=O) groups excluding carboxylic acids is 1. The Labute approximate surface area is 103 Å². The minimum Gasteiger partial charge on any atom is -0.466 e. The largest absolute Gasteiger partial charge is 0.466 e. The van der Waals surface area contributed by atoms with Gasteiger partial charge in [-0.15, -0.1) is 6.58 Å². The molecule has 0 aromatic rings. The molecule has 0 aromatic carbocycles. The van der Waals surface area contributed by atoms with E-state index >= 15 is 0 Å². The Balaban J connectivity index is 4.27. The van der Waals surface area contributed by atoms with Crippen molar-refractivity contribution in [1.82, 2.24) is 0 Å². The lowest BCUT2D eigenvalue weighted by molar-refractivity contribution is -0.142. The van der Waals surface area contributed by atoms with E-state index in [-0.39, 0.29) is 18.5 Å². The maximum absolute atomic E-state index is 10.6. The van der Waals surface area contributed by atoms with Gasteiger partial charge in [0, 0.05) is 12.3 Å². The van der Waals surface area contributed by atoms with Crippen molar-refractivity contribution in [3.8, 4) is 0 Å². The van der Waals surface area contributed by atoms with Gasteiger partial charge in [-0.05, 0) is 12.3 Å². The van der Waals surface area contributed by atoms with Crippen molar-refractivity contribution in [3.05, 3.63) is 12.7 Å². The molecule has 0 aliphatic heterocycles. The van der Waals surface area contributed by atoms with Crippen molar-refractivity contribution in [3.63, 3.8) is 0 Å². The number of ether oxygens (including phenoxy) is 1. The number of hydrogen-bond acceptors (Lipinski definition) is 4. The van der Waals surface area contributed by atoms with E-state index in [0.717, 1.165) is 0 Å². The van der Waals surface area contributed by atoms with Gasteiger partial charge in [-0.1, -0.05) is 26.8 Å². The van der Waals surface area contributed by atoms with Crippen LogP contribution in [-0.4, -0.2) is 35.0 Å². The molecule has 0 saturated carbocycles. The van der Waals surface area contributed by atoms with E-state index in [0.29, 0.717) is 6.42 Å². The van der Waals surface area contributed by atoms with Gasteiger partial charge in [0.2, 0.25) is 0 Å². The van der Waals surface area contributed by atoms with Gasteiger partial charge in [-0.2, -0.15) is 0 Å². The molecular weight excluding hydrogens is 220 g/mol. The van der Waals surface area contributed by atoms with E-state index < -0.39 is 17.6 Å². The maximum atomic E-state index is 10.6. The Kier molecular flexibility index (Phi) is 6.42. The van der Waals surface area contributed by atoms with Gasteiger partial charge in [0.25, 0.3) is 0 Å². The first kappa shape index (κ1) is 16.1. The number of aliphatic hydroxyl groups excluding tert-OH is 2. The maximum Gasteiger partial charge on any atom is 0.302 e. The number of rotatable bonds is 7. The van der Waals surface area contributed by atoms with Crippen LogP contribution >= 0.6 is 0 Å². The van der Waals surface area contributed by atoms with E-state index in [1.807, 2.05) is 6.92 Å². The Morgan fingerprint density at radius 1 is 1.47 bits per heavy atom. The Morgan fingerprint density at radius 2 is 2.00 bits per heavy atom. The smallest absolute Gasteiger partial charge is 0.302 e. The zero-order valence-electron chi connectivity index (χ0n) is 11.1. The minimum absolute atomic E-state index is 0.0465. The summed E-state index contributed by atoms with van der Waals surface area (Å²) < 4.78 is 4.87. The Bertz CT molecular complexity index is 260. The third kappa shape index (κ3) is 5.33. The summed E-state index contributed by atoms with van der Waals surface area (Å²) in [6.45, 7) is 10.6. The van der Waals surface area contributed by atoms with Crippen molar-refractivity contribution in [1.29, 1.82) is 0 Å². The van der Waals surface area contributed by atoms with Gasteiger partial charge in [0.15, 0.2) is 0 Å². The molecule has 0 aliphatic carbocycles. The quantitative estimate of drug-likeness (QED) is 0.526. The number of carbonyl (C=O) groups is 1. The summed E-state index contributed by atoms with van der Waals surface area (Å²) in [4.78, 5) is 10.6. The SMILES string of the molecule is C=C[C@@H](O)C(C)(C)[C@H](O)C[C@@H](C)COC(C)=O. The molecule has 2 N–H and O–H groups in total. The van der Waals surface area contributed by atoms with Gasteiger partial charge < -0.3 is 14.9 Å². The summed E-state index contributed by atoms with van der Waals surface area (Å²) in [6, 6.07) is 0. The van der Waals surface area contributed by atoms with Crippen molar-refractivity contribution < 1.29 is 19.7 Å². The van der Waals surface area contributed by atoms with Gasteiger partial charge in [-0.25, -0.2) is 0 Å². The third-order valence-electron chi connectivity index (χ3n) is 3.04. The van der Waals surface area contributed by atoms with Crippen LogP contribution in [0.3, 0.4) is 0 Å². The molecule has 0 bridgehead atoms. The lowest BCUT2D eigenvalue weighted by Gasteiger charge is -2.35. The molecule has 0 fully saturated rings. The molecular formula is C13H24O4. The monoisotopic (exact) mass is 244 g/mol. The highest BCUT2D eigenvalue weighted by Gasteiger charge is 2.34. The molecule has 0 aliphatic rings. The van der Waals surface area contributed by atoms with Crippen LogP contribution in [0.25, 0.3) is 0 Å². The van der Waals surface area contributed by atoms with Crippen LogP contribution in [0.15, 0.2) is 12.7 Å². The van der Waals surface area contributed by atoms with E-state index in [1.165, 1.54) is 13.0 Å². The molecule has 17 heavy (non-hydrogen) atoms. The fourth-order valence-corrected chi connectivity index (χ4v) is 1.51. The summed E-state index contributed by atoms with van der Waals surface area (Å²) in [5.74, 6) is -0.276. The van der Waals surface area contributed by atoms with Crippen LogP contribution in [-0.2, 0) is 9.53 Å². The number of aliphatic hydroxyl groups is 2. The molecule has 3 atom stereocenters. The van der Waals surface area contributed by atoms with Crippen LogP contribution in [0.1, 0.15) is 34.1 Å². The second-order valence-corrected chi connectivity index (χ2v) is 5.16. The molecule has 4 nitrogen and oxygen atoms in total. The van der Waals surface area contributed by atoms with Crippen LogP contribution < -0.4 is 0 Å². The number of hydrogen-bond donors (Lipinski definition) is 2. The fourth-order valence-electron chi connectivity index (χ4n) is 1.51. The molecule has 4 heteroatoms. The van der Waals surface area contributed by atoms with Crippen LogP contribution in [0.4, 0.5) is 0 Å². The summed E-state index contributed by atoms with van der Waals surface area (Å²) in [6.07, 6.45) is 0.435. The molecule has 0 rings (SSSR count). The second-order valence-electron chi connectivity index (χ2n) is 5.16. The van der Waals surface area contributed by atoms with Crippen LogP contribution in [0.5, 0.6) is 0 Å². The van der Waals surface area contributed by atoms with Crippen LogP contribution in [0, 0.1) is 11.3 Å². The molecule has 0 amide bonds. The van der Waals surface area contributed by atoms with E-state index in [9.17, 15) is 15.0 Å². The van der Waals surface area contributed by atoms with E-state index in [4.69, 9.17) is 4.74 Å². The Morgan fingerprint density at radius 3 is 2.41 bits per heavy atom. The molecule has 0 spiro atoms. The van der Waals surface area contributed by atoms with Crippen molar-refractivity contribution in [2.24, 2.45) is 11.3 Å². The summed E-state index contributed by atoms with van der Waals surface area (Å²) in [5.41, 5.74) is -0.660. The zero-order valence-corrected chi connectivity index (χ0v) is 11.1. The number of esters is 1. The predicted octanol–water partition coefficient (Wildman–Crippen LogP) is 1.51. The molecule has 100 valence electrons. The summed E-state index contributed by atoms with van der Waals surface area (Å²) >= 11 is 0. The van der Waals surface area contributed by atoms with Crippen LogP contribution in [0.2, 0.25) is 0 Å². The predicted molar refractivity (Wildman–Crippen MR) is 66.4 cm³/mol. The first-order valence-electron chi connectivity index (χ1n) is 5.83. The van der Waals surface area contributed by atoms with Gasteiger partial charge in [-0.3, -0.25) is 4.79 Å². The highest BCUT2D eigenvalue weighted by molar-refractivity contribution is 5.65. The van der Waals surface area contributed by atoms with Gasteiger partial charge in [0.1, 0.15) is 0 Å². The summed E-state index contributed by atoms with van der Waals surface area (Å²) in [5, 5.41) is 19.8. The first-order chi connectivity index (χ1) is 7.71. The molecule has 0 aromatic heterocycles. The summed E-state index contributed by atoms with van der Waals surface area (Å²) in [7, 11) is 0. The zero-order chi connectivity index (χ0) is 13.6. The van der Waals surface area contributed by atoms with Crippen molar-refractivity contribution in [2.75, 3.05) is 6.61 Å². The normalized spacial score (nSPS) is 17.1. The molecule has 0 heterocycles. The van der Waals surface area contributed by atoms with Gasteiger partial charge >= 0.3 is 5.97 Å². The van der Waals surface area contributed by atoms with E-state index in [1.54, 1.807) is 13.8 Å². The van der Waals surface area contributed by atoms with E-state index in [2.05, 4.69) is 6.58 Å². The van der Waals surface area contributed by atoms with Gasteiger partial charge in [0.05, 0.1) is 18.8 Å². The first-order valence-corrected chi connectivity index (χ1v) is 5.83. The minimum atomic E-state index is -0.765. The van der Waals surface area contributed by atoms with Crippen molar-refractivity contribution >= 4 is 5.97 Å². The topological polar surface area (TPSA) is 66.8 Å². The average Bonchev–Trinajstić information content (AvgIpc) is 2.24. The highest BCUT2D eigenvalue weighted by atomic mass is 16.5. The molecule has 0 saturated heterocycles. The standard InChI is InChI=1S/C13H24O4/c1-6-11(15)13(4,5)12(16)7-9(2)8-17-10(3)14/h6,9,11-12,15-16H,1,7-8H2,2-5H3/t9-,11-,12-/m1/s1. The second kappa shape index (κ2) is 6.77. The lowest BCUT2D eigenvalue weighted by atomic mass is 9.77. The average molecular weight is 244 g/mol. The third-order valence-corrected chi connectivity index (χ3v) is 3.04. The lowest BCUT2D eigenvalue weighted by Crippen LogP contribution is -2.40. The highest BCUT2D eigenvalue weighted by Crippen LogP contribution is 2.30. The Hall–Kier alpha value is -0.870. The molecule has 0 unspecified atom stereocenters. The van der Waals surface area contributed by atoms with Crippen molar-refractivity contribution in [2.45, 2.75) is 46.3 Å². The fraction of sp³-hybridized carbons (Fsp3) is 0.769.